The molecule has 1 aromatic heterocycles. The van der Waals surface area contributed by atoms with E-state index in [1.165, 1.54) is 43.3 Å². The van der Waals surface area contributed by atoms with E-state index < -0.39 is 0 Å². The third kappa shape index (κ3) is 3.23. The van der Waals surface area contributed by atoms with Gasteiger partial charge in [0, 0.05) is 32.6 Å². The molecule has 3 rings (SSSR count). The van der Waals surface area contributed by atoms with Gasteiger partial charge in [0.25, 0.3) is 0 Å². The van der Waals surface area contributed by atoms with Gasteiger partial charge in [0.15, 0.2) is 0 Å². The van der Waals surface area contributed by atoms with E-state index in [-0.39, 0.29) is 5.69 Å². The molecule has 1 unspecified atom stereocenters. The molecule has 1 saturated carbocycles. The topological polar surface area (TPSA) is 43.1 Å². The van der Waals surface area contributed by atoms with E-state index in [0.717, 1.165) is 37.5 Å². The minimum atomic E-state index is 0.0422. The smallest absolute Gasteiger partial charge is 0.303 e. The fourth-order valence-electron chi connectivity index (χ4n) is 4.05. The summed E-state index contributed by atoms with van der Waals surface area (Å²) in [6.07, 6.45) is 10.2. The summed E-state index contributed by atoms with van der Waals surface area (Å²) in [5.41, 5.74) is 0.0422. The van der Waals surface area contributed by atoms with E-state index in [1.54, 1.807) is 7.05 Å². The van der Waals surface area contributed by atoms with Gasteiger partial charge in [-0.3, -0.25) is 4.57 Å². The van der Waals surface area contributed by atoms with E-state index >= 15 is 0 Å². The maximum Gasteiger partial charge on any atom is 0.345 e. The highest BCUT2D eigenvalue weighted by atomic mass is 16.2. The van der Waals surface area contributed by atoms with E-state index in [9.17, 15) is 4.79 Å². The summed E-state index contributed by atoms with van der Waals surface area (Å²) in [5.74, 6) is 1.85. The molecule has 1 aromatic rings. The van der Waals surface area contributed by atoms with Crippen LogP contribution >= 0.6 is 0 Å². The number of aromatic nitrogens is 3. The van der Waals surface area contributed by atoms with Gasteiger partial charge in [-0.05, 0) is 38.6 Å². The van der Waals surface area contributed by atoms with Crippen LogP contribution in [0.1, 0.15) is 50.8 Å². The first kappa shape index (κ1) is 14.8. The highest BCUT2D eigenvalue weighted by Gasteiger charge is 2.24. The quantitative estimate of drug-likeness (QED) is 0.853. The lowest BCUT2D eigenvalue weighted by atomic mass is 9.88. The number of hydrogen-bond donors (Lipinski definition) is 0. The van der Waals surface area contributed by atoms with Crippen LogP contribution in [-0.4, -0.2) is 38.9 Å². The second-order valence-corrected chi connectivity index (χ2v) is 6.90. The van der Waals surface area contributed by atoms with E-state index in [1.807, 2.05) is 4.57 Å². The first-order valence-corrected chi connectivity index (χ1v) is 8.48. The Morgan fingerprint density at radius 2 is 1.95 bits per heavy atom. The van der Waals surface area contributed by atoms with Crippen LogP contribution in [0.5, 0.6) is 0 Å². The zero-order valence-corrected chi connectivity index (χ0v) is 13.4. The standard InChI is InChI=1S/C16H28N4O/c1-18(12-13-6-4-3-5-7-13)14-8-9-15-17-19(2)16(21)20(15)11-10-14/h13-14H,3-12H2,1-2H3. The molecule has 2 aliphatic rings. The van der Waals surface area contributed by atoms with Gasteiger partial charge in [-0.25, -0.2) is 9.48 Å². The van der Waals surface area contributed by atoms with E-state index in [2.05, 4.69) is 17.0 Å². The number of hydrogen-bond acceptors (Lipinski definition) is 3. The van der Waals surface area contributed by atoms with Crippen LogP contribution in [0.25, 0.3) is 0 Å². The minimum Gasteiger partial charge on any atom is -0.303 e. The van der Waals surface area contributed by atoms with Crippen molar-refractivity contribution in [1.29, 1.82) is 0 Å². The van der Waals surface area contributed by atoms with Crippen molar-refractivity contribution in [3.63, 3.8) is 0 Å². The summed E-state index contributed by atoms with van der Waals surface area (Å²) in [5, 5.41) is 4.37. The summed E-state index contributed by atoms with van der Waals surface area (Å²) in [6, 6.07) is 0.596. The summed E-state index contributed by atoms with van der Waals surface area (Å²) < 4.78 is 3.34. The third-order valence-electron chi connectivity index (χ3n) is 5.37. The normalized spacial score (nSPS) is 24.0. The summed E-state index contributed by atoms with van der Waals surface area (Å²) in [4.78, 5) is 14.6. The highest BCUT2D eigenvalue weighted by molar-refractivity contribution is 4.93. The average Bonchev–Trinajstić information content (AvgIpc) is 2.66. The molecule has 0 radical (unpaired) electrons. The predicted octanol–water partition coefficient (Wildman–Crippen LogP) is 1.80. The summed E-state index contributed by atoms with van der Waals surface area (Å²) in [6.45, 7) is 2.05. The molecule has 1 aliphatic heterocycles. The largest absolute Gasteiger partial charge is 0.345 e. The molecule has 118 valence electrons. The van der Waals surface area contributed by atoms with Crippen molar-refractivity contribution in [1.82, 2.24) is 19.2 Å². The zero-order valence-electron chi connectivity index (χ0n) is 13.4. The lowest BCUT2D eigenvalue weighted by Gasteiger charge is -2.32. The van der Waals surface area contributed by atoms with Gasteiger partial charge in [-0.1, -0.05) is 19.3 Å². The van der Waals surface area contributed by atoms with Gasteiger partial charge in [0.1, 0.15) is 5.82 Å². The van der Waals surface area contributed by atoms with Gasteiger partial charge in [0.2, 0.25) is 0 Å². The maximum absolute atomic E-state index is 12.0. The predicted molar refractivity (Wildman–Crippen MR) is 83.4 cm³/mol. The fourth-order valence-corrected chi connectivity index (χ4v) is 4.05. The Balaban J connectivity index is 1.59. The summed E-state index contributed by atoms with van der Waals surface area (Å²) >= 11 is 0. The Labute approximate surface area is 126 Å². The number of rotatable bonds is 3. The molecule has 0 aromatic carbocycles. The summed E-state index contributed by atoms with van der Waals surface area (Å²) in [7, 11) is 4.02. The van der Waals surface area contributed by atoms with Crippen LogP contribution in [-0.2, 0) is 20.0 Å². The molecule has 0 N–H and O–H groups in total. The molecule has 1 atom stereocenters. The molecule has 0 saturated heterocycles. The van der Waals surface area contributed by atoms with Gasteiger partial charge >= 0.3 is 5.69 Å². The second kappa shape index (κ2) is 6.34. The lowest BCUT2D eigenvalue weighted by molar-refractivity contribution is 0.167. The van der Waals surface area contributed by atoms with Crippen LogP contribution in [0.4, 0.5) is 0 Å². The van der Waals surface area contributed by atoms with Crippen LogP contribution < -0.4 is 5.69 Å². The number of aryl methyl sites for hydroxylation is 2. The Morgan fingerprint density at radius 1 is 1.19 bits per heavy atom. The van der Waals surface area contributed by atoms with Crippen molar-refractivity contribution >= 4 is 0 Å². The zero-order chi connectivity index (χ0) is 14.8. The number of fused-ring (bicyclic) bond motifs is 1. The average molecular weight is 292 g/mol. The fraction of sp³-hybridized carbons (Fsp3) is 0.875. The first-order valence-electron chi connectivity index (χ1n) is 8.48. The van der Waals surface area contributed by atoms with Gasteiger partial charge in [-0.15, -0.1) is 0 Å². The minimum absolute atomic E-state index is 0.0422. The highest BCUT2D eigenvalue weighted by Crippen LogP contribution is 2.26. The van der Waals surface area contributed by atoms with Gasteiger partial charge < -0.3 is 4.90 Å². The Bertz CT molecular complexity index is 527. The molecule has 1 fully saturated rings. The Morgan fingerprint density at radius 3 is 2.71 bits per heavy atom. The van der Waals surface area contributed by atoms with Crippen LogP contribution in [0.15, 0.2) is 4.79 Å². The molecule has 5 nitrogen and oxygen atoms in total. The van der Waals surface area contributed by atoms with Crippen molar-refractivity contribution in [3.8, 4) is 0 Å². The molecule has 0 bridgehead atoms. The molecule has 5 heteroatoms. The van der Waals surface area contributed by atoms with Crippen molar-refractivity contribution in [2.24, 2.45) is 13.0 Å². The van der Waals surface area contributed by atoms with Gasteiger partial charge in [0.05, 0.1) is 0 Å². The monoisotopic (exact) mass is 292 g/mol. The van der Waals surface area contributed by atoms with E-state index in [0.29, 0.717) is 6.04 Å². The van der Waals surface area contributed by atoms with Gasteiger partial charge in [-0.2, -0.15) is 5.10 Å². The lowest BCUT2D eigenvalue weighted by Crippen LogP contribution is -2.37. The molecule has 21 heavy (non-hydrogen) atoms. The Hall–Kier alpha value is -1.10. The first-order chi connectivity index (χ1) is 10.1. The SMILES string of the molecule is CN(CC1CCCCC1)C1CCc2nn(C)c(=O)n2CC1. The van der Waals surface area contributed by atoms with Crippen LogP contribution in [0.2, 0.25) is 0 Å². The third-order valence-corrected chi connectivity index (χ3v) is 5.37. The van der Waals surface area contributed by atoms with Crippen molar-refractivity contribution in [3.05, 3.63) is 16.3 Å². The molecule has 1 aliphatic carbocycles. The van der Waals surface area contributed by atoms with Crippen molar-refractivity contribution in [2.45, 2.75) is 64.0 Å². The molecular weight excluding hydrogens is 264 g/mol. The molecule has 0 amide bonds. The van der Waals surface area contributed by atoms with Crippen LogP contribution in [0.3, 0.4) is 0 Å². The number of nitrogens with zero attached hydrogens (tertiary/aromatic N) is 4. The maximum atomic E-state index is 12.0. The van der Waals surface area contributed by atoms with Crippen LogP contribution in [0, 0.1) is 5.92 Å². The Kier molecular flexibility index (Phi) is 4.48. The van der Waals surface area contributed by atoms with Crippen molar-refractivity contribution in [2.75, 3.05) is 13.6 Å². The molecule has 2 heterocycles. The molecular formula is C16H28N4O. The van der Waals surface area contributed by atoms with Crippen molar-refractivity contribution < 1.29 is 0 Å². The molecule has 0 spiro atoms. The van der Waals surface area contributed by atoms with E-state index in [4.69, 9.17) is 0 Å². The second-order valence-electron chi connectivity index (χ2n) is 6.90.